The lowest BCUT2D eigenvalue weighted by molar-refractivity contribution is 0.0730. The number of sulfonamides is 1. The Morgan fingerprint density at radius 3 is 2.62 bits per heavy atom. The third kappa shape index (κ3) is 5.72. The highest BCUT2D eigenvalue weighted by atomic mass is 32.2. The molecule has 12 heteroatoms. The molecule has 3 heterocycles. The fourth-order valence-electron chi connectivity index (χ4n) is 4.51. The number of amides is 1. The van der Waals surface area contributed by atoms with Gasteiger partial charge in [0.05, 0.1) is 18.1 Å². The lowest BCUT2D eigenvalue weighted by Gasteiger charge is -2.26. The quantitative estimate of drug-likeness (QED) is 0.475. The maximum atomic E-state index is 13.0. The molecule has 1 amide bonds. The van der Waals surface area contributed by atoms with Crippen molar-refractivity contribution in [2.45, 2.75) is 37.1 Å². The Hall–Kier alpha value is -3.19. The number of ether oxygens (including phenoxy) is 1. The van der Waals surface area contributed by atoms with Crippen LogP contribution in [0.15, 0.2) is 53.4 Å². The standard InChI is InChI=1S/C25H28N6O4S2/c32-24(19-7-5-9-21(17-19)37(33,34)30-12-14-35-15-13-30)27-25(36)26-20-8-4-6-18(16-20)23-29-28-22-10-2-1-3-11-31(22)23/h4-9,16-17H,1-3,10-15H2,(H2,26,27,32,36). The second kappa shape index (κ2) is 11.1. The first-order valence-corrected chi connectivity index (χ1v) is 14.1. The average molecular weight is 541 g/mol. The molecule has 1 saturated heterocycles. The molecule has 0 atom stereocenters. The molecule has 2 aliphatic heterocycles. The summed E-state index contributed by atoms with van der Waals surface area (Å²) in [6.07, 6.45) is 4.33. The molecule has 0 radical (unpaired) electrons. The van der Waals surface area contributed by atoms with Gasteiger partial charge in [0, 0.05) is 42.9 Å². The van der Waals surface area contributed by atoms with Gasteiger partial charge in [0.25, 0.3) is 5.91 Å². The second-order valence-electron chi connectivity index (χ2n) is 8.94. The number of rotatable bonds is 5. The molecule has 2 N–H and O–H groups in total. The van der Waals surface area contributed by atoms with Crippen molar-refractivity contribution in [2.75, 3.05) is 31.6 Å². The number of fused-ring (bicyclic) bond motifs is 1. The van der Waals surface area contributed by atoms with Crippen LogP contribution >= 0.6 is 12.2 Å². The Balaban J connectivity index is 1.26. The van der Waals surface area contributed by atoms with Gasteiger partial charge in [-0.05, 0) is 55.4 Å². The predicted octanol–water partition coefficient (Wildman–Crippen LogP) is 2.82. The van der Waals surface area contributed by atoms with E-state index in [4.69, 9.17) is 17.0 Å². The maximum Gasteiger partial charge on any atom is 0.257 e. The summed E-state index contributed by atoms with van der Waals surface area (Å²) in [6.45, 7) is 2.15. The van der Waals surface area contributed by atoms with Gasteiger partial charge in [-0.3, -0.25) is 10.1 Å². The fourth-order valence-corrected chi connectivity index (χ4v) is 6.17. The summed E-state index contributed by atoms with van der Waals surface area (Å²) in [6, 6.07) is 13.6. The number of aromatic nitrogens is 3. The summed E-state index contributed by atoms with van der Waals surface area (Å²) in [7, 11) is -3.72. The van der Waals surface area contributed by atoms with Crippen LogP contribution in [0, 0.1) is 0 Å². The molecule has 0 spiro atoms. The zero-order valence-electron chi connectivity index (χ0n) is 20.2. The largest absolute Gasteiger partial charge is 0.379 e. The summed E-state index contributed by atoms with van der Waals surface area (Å²) in [5, 5.41) is 14.5. The van der Waals surface area contributed by atoms with Crippen LogP contribution in [0.4, 0.5) is 5.69 Å². The Morgan fingerprint density at radius 1 is 0.973 bits per heavy atom. The minimum Gasteiger partial charge on any atom is -0.379 e. The van der Waals surface area contributed by atoms with E-state index in [1.54, 1.807) is 12.1 Å². The molecule has 5 rings (SSSR count). The SMILES string of the molecule is O=C(NC(=S)Nc1cccc(-c2nnc3n2CCCCC3)c1)c1cccc(S(=O)(=O)N2CCOCC2)c1. The minimum atomic E-state index is -3.72. The summed E-state index contributed by atoms with van der Waals surface area (Å²) in [5.74, 6) is 1.32. The van der Waals surface area contributed by atoms with Crippen LogP contribution in [0.3, 0.4) is 0 Å². The van der Waals surface area contributed by atoms with Gasteiger partial charge in [-0.1, -0.05) is 24.6 Å². The van der Waals surface area contributed by atoms with Gasteiger partial charge in [0.1, 0.15) is 5.82 Å². The Kier molecular flexibility index (Phi) is 7.60. The minimum absolute atomic E-state index is 0.0565. The molecule has 0 aliphatic carbocycles. The maximum absolute atomic E-state index is 13.0. The third-order valence-electron chi connectivity index (χ3n) is 6.42. The summed E-state index contributed by atoms with van der Waals surface area (Å²) in [4.78, 5) is 12.9. The van der Waals surface area contributed by atoms with Crippen LogP contribution in [0.5, 0.6) is 0 Å². The van der Waals surface area contributed by atoms with Crippen molar-refractivity contribution in [3.63, 3.8) is 0 Å². The summed E-state index contributed by atoms with van der Waals surface area (Å²) >= 11 is 5.36. The van der Waals surface area contributed by atoms with Gasteiger partial charge in [0.2, 0.25) is 10.0 Å². The Labute approximate surface area is 221 Å². The monoisotopic (exact) mass is 540 g/mol. The smallest absolute Gasteiger partial charge is 0.257 e. The van der Waals surface area contributed by atoms with Crippen molar-refractivity contribution >= 4 is 38.9 Å². The zero-order chi connectivity index (χ0) is 25.8. The molecule has 1 aromatic heterocycles. The summed E-state index contributed by atoms with van der Waals surface area (Å²) in [5.41, 5.74) is 1.79. The first-order valence-electron chi connectivity index (χ1n) is 12.2. The number of carbonyl (C=O) groups excluding carboxylic acids is 1. The van der Waals surface area contributed by atoms with E-state index in [1.807, 2.05) is 24.3 Å². The number of benzene rings is 2. The van der Waals surface area contributed by atoms with Gasteiger partial charge in [-0.15, -0.1) is 10.2 Å². The van der Waals surface area contributed by atoms with Crippen molar-refractivity contribution in [3.05, 3.63) is 59.9 Å². The summed E-state index contributed by atoms with van der Waals surface area (Å²) < 4.78 is 34.7. The van der Waals surface area contributed by atoms with Crippen molar-refractivity contribution in [1.82, 2.24) is 24.4 Å². The van der Waals surface area contributed by atoms with Crippen LogP contribution in [0.25, 0.3) is 11.4 Å². The van der Waals surface area contributed by atoms with Gasteiger partial charge >= 0.3 is 0 Å². The number of anilines is 1. The molecule has 10 nitrogen and oxygen atoms in total. The molecule has 0 unspecified atom stereocenters. The van der Waals surface area contributed by atoms with E-state index in [9.17, 15) is 13.2 Å². The molecular weight excluding hydrogens is 512 g/mol. The number of nitrogens with one attached hydrogen (secondary N) is 2. The van der Waals surface area contributed by atoms with Gasteiger partial charge in [0.15, 0.2) is 10.9 Å². The number of thiocarbonyl (C=S) groups is 1. The predicted molar refractivity (Wildman–Crippen MR) is 143 cm³/mol. The number of nitrogens with zero attached hydrogens (tertiary/aromatic N) is 4. The van der Waals surface area contributed by atoms with Crippen LogP contribution in [-0.4, -0.2) is 64.8 Å². The molecule has 3 aromatic rings. The number of aryl methyl sites for hydroxylation is 1. The van der Waals surface area contributed by atoms with Crippen molar-refractivity contribution in [1.29, 1.82) is 0 Å². The van der Waals surface area contributed by atoms with Gasteiger partial charge in [-0.25, -0.2) is 8.42 Å². The van der Waals surface area contributed by atoms with E-state index in [2.05, 4.69) is 25.4 Å². The fraction of sp³-hybridized carbons (Fsp3) is 0.360. The lowest BCUT2D eigenvalue weighted by atomic mass is 10.2. The topological polar surface area (TPSA) is 118 Å². The van der Waals surface area contributed by atoms with E-state index in [0.717, 1.165) is 43.0 Å². The lowest BCUT2D eigenvalue weighted by Crippen LogP contribution is -2.40. The second-order valence-corrected chi connectivity index (χ2v) is 11.3. The van der Waals surface area contributed by atoms with Crippen molar-refractivity contribution in [2.24, 2.45) is 0 Å². The normalized spacial score (nSPS) is 16.4. The molecule has 0 bridgehead atoms. The Bertz CT molecular complexity index is 1420. The molecule has 2 aliphatic rings. The molecular formula is C25H28N6O4S2. The zero-order valence-corrected chi connectivity index (χ0v) is 21.9. The van der Waals surface area contributed by atoms with E-state index < -0.39 is 15.9 Å². The number of hydrogen-bond acceptors (Lipinski definition) is 7. The van der Waals surface area contributed by atoms with E-state index >= 15 is 0 Å². The first kappa shape index (κ1) is 25.5. The highest BCUT2D eigenvalue weighted by Crippen LogP contribution is 2.25. The average Bonchev–Trinajstić information content (AvgIpc) is 3.17. The van der Waals surface area contributed by atoms with Gasteiger partial charge < -0.3 is 14.6 Å². The number of morpholine rings is 1. The van der Waals surface area contributed by atoms with E-state index in [0.29, 0.717) is 18.9 Å². The van der Waals surface area contributed by atoms with E-state index in [-0.39, 0.29) is 28.7 Å². The van der Waals surface area contributed by atoms with Crippen LogP contribution < -0.4 is 10.6 Å². The van der Waals surface area contributed by atoms with Crippen molar-refractivity contribution in [3.8, 4) is 11.4 Å². The molecule has 2 aromatic carbocycles. The van der Waals surface area contributed by atoms with Crippen LogP contribution in [0.2, 0.25) is 0 Å². The molecule has 1 fully saturated rings. The van der Waals surface area contributed by atoms with Crippen molar-refractivity contribution < 1.29 is 17.9 Å². The number of hydrogen-bond donors (Lipinski definition) is 2. The number of carbonyl (C=O) groups is 1. The van der Waals surface area contributed by atoms with Gasteiger partial charge in [-0.2, -0.15) is 4.31 Å². The van der Waals surface area contributed by atoms with Crippen LogP contribution in [-0.2, 0) is 27.7 Å². The van der Waals surface area contributed by atoms with E-state index in [1.165, 1.54) is 22.9 Å². The highest BCUT2D eigenvalue weighted by molar-refractivity contribution is 7.89. The first-order chi connectivity index (χ1) is 17.9. The molecule has 0 saturated carbocycles. The highest BCUT2D eigenvalue weighted by Gasteiger charge is 2.27. The molecule has 37 heavy (non-hydrogen) atoms. The Morgan fingerprint density at radius 2 is 1.78 bits per heavy atom. The van der Waals surface area contributed by atoms with Crippen LogP contribution in [0.1, 0.15) is 35.4 Å². The molecule has 194 valence electrons. The third-order valence-corrected chi connectivity index (χ3v) is 8.52.